The molecule has 1 aromatic rings. The molecule has 0 bridgehead atoms. The van der Waals surface area contributed by atoms with Crippen LogP contribution < -0.4 is 5.32 Å². The van der Waals surface area contributed by atoms with E-state index in [9.17, 15) is 4.39 Å². The topological polar surface area (TPSA) is 12.0 Å². The molecule has 1 saturated carbocycles. The number of hydrogen-bond donors (Lipinski definition) is 1. The molecule has 106 valence electrons. The van der Waals surface area contributed by atoms with Gasteiger partial charge in [0.1, 0.15) is 5.82 Å². The molecule has 1 fully saturated rings. The minimum atomic E-state index is -0.148. The second-order valence-electron chi connectivity index (χ2n) is 5.27. The summed E-state index contributed by atoms with van der Waals surface area (Å²) in [6, 6.07) is 7.53. The first-order chi connectivity index (χ1) is 9.29. The van der Waals surface area contributed by atoms with Crippen LogP contribution >= 0.6 is 11.8 Å². The molecule has 0 amide bonds. The fourth-order valence-electron chi connectivity index (χ4n) is 2.78. The number of nitrogens with one attached hydrogen (secondary N) is 1. The third-order valence-electron chi connectivity index (χ3n) is 3.77. The molecule has 0 aromatic heterocycles. The van der Waals surface area contributed by atoms with Gasteiger partial charge in [0.25, 0.3) is 0 Å². The maximum Gasteiger partial charge on any atom is 0.123 e. The summed E-state index contributed by atoms with van der Waals surface area (Å²) in [5.41, 5.74) is 0. The normalized spacial score (nSPS) is 24.7. The molecule has 19 heavy (non-hydrogen) atoms. The predicted octanol–water partition coefficient (Wildman–Crippen LogP) is 4.62. The molecule has 0 spiro atoms. The Kier molecular flexibility index (Phi) is 6.18. The third kappa shape index (κ3) is 4.81. The molecule has 2 rings (SSSR count). The van der Waals surface area contributed by atoms with E-state index in [1.807, 2.05) is 23.9 Å². The molecule has 1 aliphatic carbocycles. The van der Waals surface area contributed by atoms with Crippen LogP contribution in [0.1, 0.15) is 45.4 Å². The second kappa shape index (κ2) is 7.91. The lowest BCUT2D eigenvalue weighted by Gasteiger charge is -2.29. The third-order valence-corrected chi connectivity index (χ3v) is 5.18. The Morgan fingerprint density at radius 2 is 1.79 bits per heavy atom. The van der Waals surface area contributed by atoms with Gasteiger partial charge in [-0.1, -0.05) is 32.6 Å². The summed E-state index contributed by atoms with van der Waals surface area (Å²) in [4.78, 5) is 1.19. The highest BCUT2D eigenvalue weighted by molar-refractivity contribution is 8.00. The predicted molar refractivity (Wildman–Crippen MR) is 81.2 cm³/mol. The average molecular weight is 281 g/mol. The summed E-state index contributed by atoms with van der Waals surface area (Å²) in [6.07, 6.45) is 7.92. The van der Waals surface area contributed by atoms with Crippen molar-refractivity contribution in [3.05, 3.63) is 30.1 Å². The van der Waals surface area contributed by atoms with E-state index in [0.29, 0.717) is 11.3 Å². The lowest BCUT2D eigenvalue weighted by molar-refractivity contribution is 0.406. The highest BCUT2D eigenvalue weighted by atomic mass is 32.2. The fourth-order valence-corrected chi connectivity index (χ4v) is 4.10. The van der Waals surface area contributed by atoms with Crippen molar-refractivity contribution >= 4 is 11.8 Å². The Labute approximate surface area is 120 Å². The first-order valence-corrected chi connectivity index (χ1v) is 8.33. The van der Waals surface area contributed by atoms with Gasteiger partial charge in [-0.15, -0.1) is 11.8 Å². The monoisotopic (exact) mass is 281 g/mol. The van der Waals surface area contributed by atoms with Crippen LogP contribution in [0, 0.1) is 5.82 Å². The van der Waals surface area contributed by atoms with Crippen molar-refractivity contribution in [3.63, 3.8) is 0 Å². The SMILES string of the molecule is CCNC1CCCCCCC1Sc1ccc(F)cc1. The van der Waals surface area contributed by atoms with Crippen molar-refractivity contribution in [2.75, 3.05) is 6.54 Å². The Morgan fingerprint density at radius 1 is 1.11 bits per heavy atom. The maximum absolute atomic E-state index is 13.0. The van der Waals surface area contributed by atoms with Gasteiger partial charge in [-0.25, -0.2) is 4.39 Å². The molecule has 0 saturated heterocycles. The van der Waals surface area contributed by atoms with Crippen molar-refractivity contribution in [1.29, 1.82) is 0 Å². The van der Waals surface area contributed by atoms with Crippen LogP contribution in [0.4, 0.5) is 4.39 Å². The Morgan fingerprint density at radius 3 is 2.47 bits per heavy atom. The van der Waals surface area contributed by atoms with E-state index in [0.717, 1.165) is 6.54 Å². The van der Waals surface area contributed by atoms with Crippen molar-refractivity contribution in [3.8, 4) is 0 Å². The minimum absolute atomic E-state index is 0.148. The van der Waals surface area contributed by atoms with Gasteiger partial charge in [0.05, 0.1) is 0 Å². The molecule has 1 aliphatic rings. The Hall–Kier alpha value is -0.540. The average Bonchev–Trinajstić information content (AvgIpc) is 2.39. The first kappa shape index (κ1) is 14.9. The van der Waals surface area contributed by atoms with Gasteiger partial charge in [-0.05, 0) is 43.7 Å². The van der Waals surface area contributed by atoms with Crippen LogP contribution in [0.5, 0.6) is 0 Å². The molecule has 0 heterocycles. The van der Waals surface area contributed by atoms with Gasteiger partial charge in [0.2, 0.25) is 0 Å². The smallest absolute Gasteiger partial charge is 0.123 e. The van der Waals surface area contributed by atoms with Crippen LogP contribution in [0.25, 0.3) is 0 Å². The zero-order valence-electron chi connectivity index (χ0n) is 11.7. The van der Waals surface area contributed by atoms with E-state index in [1.54, 1.807) is 12.1 Å². The molecule has 1 nitrogen and oxygen atoms in total. The first-order valence-electron chi connectivity index (χ1n) is 7.45. The fraction of sp³-hybridized carbons (Fsp3) is 0.625. The van der Waals surface area contributed by atoms with Crippen molar-refractivity contribution in [2.24, 2.45) is 0 Å². The van der Waals surface area contributed by atoms with Crippen LogP contribution in [-0.2, 0) is 0 Å². The highest BCUT2D eigenvalue weighted by Gasteiger charge is 2.22. The van der Waals surface area contributed by atoms with Crippen molar-refractivity contribution in [1.82, 2.24) is 5.32 Å². The van der Waals surface area contributed by atoms with Gasteiger partial charge < -0.3 is 5.32 Å². The standard InChI is InChI=1S/C16H24FNS/c1-2-18-15-7-5-3-4-6-8-16(15)19-14-11-9-13(17)10-12-14/h9-12,15-16,18H,2-8H2,1H3. The molecule has 0 aliphatic heterocycles. The summed E-state index contributed by atoms with van der Waals surface area (Å²) in [7, 11) is 0. The minimum Gasteiger partial charge on any atom is -0.313 e. The molecular weight excluding hydrogens is 257 g/mol. The van der Waals surface area contributed by atoms with E-state index < -0.39 is 0 Å². The summed E-state index contributed by atoms with van der Waals surface area (Å²) in [5, 5.41) is 4.26. The van der Waals surface area contributed by atoms with E-state index in [2.05, 4.69) is 12.2 Å². The lowest BCUT2D eigenvalue weighted by atomic mass is 9.96. The molecule has 1 aromatic carbocycles. The van der Waals surface area contributed by atoms with Crippen LogP contribution in [0.3, 0.4) is 0 Å². The van der Waals surface area contributed by atoms with E-state index in [1.165, 1.54) is 43.4 Å². The molecular formula is C16H24FNS. The van der Waals surface area contributed by atoms with Crippen LogP contribution in [0.15, 0.2) is 29.2 Å². The Bertz CT molecular complexity index is 366. The zero-order valence-corrected chi connectivity index (χ0v) is 12.5. The quantitative estimate of drug-likeness (QED) is 0.864. The largest absolute Gasteiger partial charge is 0.313 e. The number of rotatable bonds is 4. The summed E-state index contributed by atoms with van der Waals surface area (Å²) in [5.74, 6) is -0.148. The van der Waals surface area contributed by atoms with Crippen molar-refractivity contribution < 1.29 is 4.39 Å². The van der Waals surface area contributed by atoms with Crippen molar-refractivity contribution in [2.45, 2.75) is 61.6 Å². The zero-order chi connectivity index (χ0) is 13.5. The summed E-state index contributed by atoms with van der Waals surface area (Å²) < 4.78 is 13.0. The number of benzene rings is 1. The van der Waals surface area contributed by atoms with Gasteiger partial charge in [0.15, 0.2) is 0 Å². The molecule has 2 atom stereocenters. The van der Waals surface area contributed by atoms with E-state index in [-0.39, 0.29) is 5.82 Å². The molecule has 0 radical (unpaired) electrons. The van der Waals surface area contributed by atoms with Gasteiger partial charge in [-0.2, -0.15) is 0 Å². The number of hydrogen-bond acceptors (Lipinski definition) is 2. The number of halogens is 1. The van der Waals surface area contributed by atoms with Gasteiger partial charge in [-0.3, -0.25) is 0 Å². The van der Waals surface area contributed by atoms with E-state index >= 15 is 0 Å². The van der Waals surface area contributed by atoms with Gasteiger partial charge >= 0.3 is 0 Å². The molecule has 1 N–H and O–H groups in total. The summed E-state index contributed by atoms with van der Waals surface area (Å²) in [6.45, 7) is 3.21. The van der Waals surface area contributed by atoms with E-state index in [4.69, 9.17) is 0 Å². The van der Waals surface area contributed by atoms with Crippen LogP contribution in [-0.4, -0.2) is 17.8 Å². The second-order valence-corrected chi connectivity index (χ2v) is 6.58. The molecule has 3 heteroatoms. The maximum atomic E-state index is 13.0. The summed E-state index contributed by atoms with van der Waals surface area (Å²) >= 11 is 1.91. The number of thioether (sulfide) groups is 1. The van der Waals surface area contributed by atoms with Crippen LogP contribution in [0.2, 0.25) is 0 Å². The van der Waals surface area contributed by atoms with Gasteiger partial charge in [0, 0.05) is 16.2 Å². The lowest BCUT2D eigenvalue weighted by Crippen LogP contribution is -2.38. The highest BCUT2D eigenvalue weighted by Crippen LogP contribution is 2.32. The molecule has 2 unspecified atom stereocenters. The Balaban J connectivity index is 2.01.